The van der Waals surface area contributed by atoms with E-state index in [-0.39, 0.29) is 22.7 Å². The standard InChI is InChI=1S/C28H20BrN3O3S/c1-16-14-18(12-13-23(16)31-27(34)25-15-17-6-2-3-11-24(17)35-25)30-28(36)32-26(33)21-9-4-8-20-19(21)7-5-10-22(20)29/h2-15H,1H3,(H,31,34)(H2,30,32,33,36). The third kappa shape index (κ3) is 4.86. The normalized spacial score (nSPS) is 10.8. The molecule has 5 rings (SSSR count). The van der Waals surface area contributed by atoms with Crippen molar-refractivity contribution in [1.82, 2.24) is 5.32 Å². The Morgan fingerprint density at radius 3 is 2.42 bits per heavy atom. The minimum Gasteiger partial charge on any atom is -0.451 e. The van der Waals surface area contributed by atoms with Gasteiger partial charge in [0.15, 0.2) is 10.9 Å². The van der Waals surface area contributed by atoms with Gasteiger partial charge in [0.05, 0.1) is 0 Å². The number of nitrogens with one attached hydrogen (secondary N) is 3. The quantitative estimate of drug-likeness (QED) is 0.206. The van der Waals surface area contributed by atoms with Crippen molar-refractivity contribution < 1.29 is 14.0 Å². The lowest BCUT2D eigenvalue weighted by atomic mass is 10.0. The lowest BCUT2D eigenvalue weighted by Gasteiger charge is -2.13. The van der Waals surface area contributed by atoms with Crippen LogP contribution >= 0.6 is 28.1 Å². The SMILES string of the molecule is Cc1cc(NC(=S)NC(=O)c2cccc3c(Br)cccc23)ccc1NC(=O)c1cc2ccccc2o1. The molecule has 0 atom stereocenters. The highest BCUT2D eigenvalue weighted by atomic mass is 79.9. The number of furan rings is 1. The number of anilines is 2. The number of halogens is 1. The molecule has 0 unspecified atom stereocenters. The molecular formula is C28H20BrN3O3S. The lowest BCUT2D eigenvalue weighted by molar-refractivity contribution is 0.0976. The Morgan fingerprint density at radius 2 is 1.61 bits per heavy atom. The Hall–Kier alpha value is -4.01. The minimum atomic E-state index is -0.334. The molecule has 178 valence electrons. The Labute approximate surface area is 220 Å². The molecule has 4 aromatic carbocycles. The van der Waals surface area contributed by atoms with Crippen molar-refractivity contribution in [2.24, 2.45) is 0 Å². The number of fused-ring (bicyclic) bond motifs is 2. The van der Waals surface area contributed by atoms with Crippen LogP contribution in [0.15, 0.2) is 93.8 Å². The number of benzene rings is 4. The van der Waals surface area contributed by atoms with Crippen LogP contribution in [-0.4, -0.2) is 16.9 Å². The summed E-state index contributed by atoms with van der Waals surface area (Å²) in [6.07, 6.45) is 0. The molecule has 0 saturated carbocycles. The maximum absolute atomic E-state index is 12.9. The first-order chi connectivity index (χ1) is 17.4. The van der Waals surface area contributed by atoms with Crippen LogP contribution in [0.4, 0.5) is 11.4 Å². The summed E-state index contributed by atoms with van der Waals surface area (Å²) in [6.45, 7) is 1.87. The van der Waals surface area contributed by atoms with Crippen molar-refractivity contribution in [1.29, 1.82) is 0 Å². The van der Waals surface area contributed by atoms with Crippen molar-refractivity contribution in [3.63, 3.8) is 0 Å². The molecular weight excluding hydrogens is 538 g/mol. The summed E-state index contributed by atoms with van der Waals surface area (Å²) in [7, 11) is 0. The zero-order chi connectivity index (χ0) is 25.2. The summed E-state index contributed by atoms with van der Waals surface area (Å²) in [4.78, 5) is 25.6. The van der Waals surface area contributed by atoms with Gasteiger partial charge in [0, 0.05) is 26.8 Å². The zero-order valence-corrected chi connectivity index (χ0v) is 21.5. The molecule has 0 aliphatic rings. The van der Waals surface area contributed by atoms with E-state index in [1.807, 2.05) is 67.6 Å². The number of hydrogen-bond donors (Lipinski definition) is 3. The Balaban J connectivity index is 1.25. The van der Waals surface area contributed by atoms with Crippen LogP contribution in [0.25, 0.3) is 21.7 Å². The fraction of sp³-hybridized carbons (Fsp3) is 0.0357. The number of aryl methyl sites for hydroxylation is 1. The van der Waals surface area contributed by atoms with Crippen molar-refractivity contribution in [3.05, 3.63) is 106 Å². The number of hydrogen-bond acceptors (Lipinski definition) is 4. The van der Waals surface area contributed by atoms with Crippen molar-refractivity contribution >= 4 is 78.2 Å². The summed E-state index contributed by atoms with van der Waals surface area (Å²) < 4.78 is 6.56. The molecule has 0 bridgehead atoms. The molecule has 5 aromatic rings. The van der Waals surface area contributed by atoms with Gasteiger partial charge >= 0.3 is 0 Å². The summed E-state index contributed by atoms with van der Waals surface area (Å²) >= 11 is 8.89. The third-order valence-electron chi connectivity index (χ3n) is 5.72. The highest BCUT2D eigenvalue weighted by Crippen LogP contribution is 2.27. The van der Waals surface area contributed by atoms with Gasteiger partial charge in [-0.15, -0.1) is 0 Å². The van der Waals surface area contributed by atoms with Crippen LogP contribution < -0.4 is 16.0 Å². The number of rotatable bonds is 4. The van der Waals surface area contributed by atoms with Crippen LogP contribution in [0.3, 0.4) is 0 Å². The summed E-state index contributed by atoms with van der Waals surface area (Å²) in [5, 5.41) is 11.5. The second-order valence-electron chi connectivity index (χ2n) is 8.18. The molecule has 0 saturated heterocycles. The van der Waals surface area contributed by atoms with E-state index in [0.717, 1.165) is 26.2 Å². The summed E-state index contributed by atoms with van der Waals surface area (Å²) in [5.74, 6) is -0.399. The first kappa shape index (κ1) is 23.7. The minimum absolute atomic E-state index is 0.172. The van der Waals surface area contributed by atoms with Crippen LogP contribution in [0, 0.1) is 6.92 Å². The van der Waals surface area contributed by atoms with Crippen LogP contribution in [-0.2, 0) is 0 Å². The van der Waals surface area contributed by atoms with E-state index in [9.17, 15) is 9.59 Å². The van der Waals surface area contributed by atoms with Crippen molar-refractivity contribution in [2.45, 2.75) is 6.92 Å². The molecule has 1 heterocycles. The van der Waals surface area contributed by atoms with E-state index in [4.69, 9.17) is 16.6 Å². The predicted octanol–water partition coefficient (Wildman–Crippen LogP) is 7.04. The number of carbonyl (C=O) groups excluding carboxylic acids is 2. The van der Waals surface area contributed by atoms with Gasteiger partial charge in [0.1, 0.15) is 5.58 Å². The summed E-state index contributed by atoms with van der Waals surface area (Å²) in [6, 6.07) is 25.8. The number of thiocarbonyl (C=S) groups is 1. The van der Waals surface area contributed by atoms with E-state index < -0.39 is 0 Å². The fourth-order valence-electron chi connectivity index (χ4n) is 3.96. The molecule has 1 aromatic heterocycles. The maximum Gasteiger partial charge on any atom is 0.291 e. The van der Waals surface area contributed by atoms with Gasteiger partial charge in [-0.25, -0.2) is 0 Å². The largest absolute Gasteiger partial charge is 0.451 e. The smallest absolute Gasteiger partial charge is 0.291 e. The molecule has 0 aliphatic heterocycles. The highest BCUT2D eigenvalue weighted by molar-refractivity contribution is 9.10. The second kappa shape index (κ2) is 9.93. The fourth-order valence-corrected chi connectivity index (χ4v) is 4.67. The van der Waals surface area contributed by atoms with Crippen LogP contribution in [0.1, 0.15) is 26.5 Å². The first-order valence-corrected chi connectivity index (χ1v) is 12.3. The summed E-state index contributed by atoms with van der Waals surface area (Å²) in [5.41, 5.74) is 3.32. The number of para-hydroxylation sites is 1. The molecule has 0 aliphatic carbocycles. The second-order valence-corrected chi connectivity index (χ2v) is 9.44. The highest BCUT2D eigenvalue weighted by Gasteiger charge is 2.15. The van der Waals surface area contributed by atoms with E-state index in [2.05, 4.69) is 31.9 Å². The van der Waals surface area contributed by atoms with E-state index in [0.29, 0.717) is 22.5 Å². The van der Waals surface area contributed by atoms with E-state index >= 15 is 0 Å². The lowest BCUT2D eigenvalue weighted by Crippen LogP contribution is -2.34. The Morgan fingerprint density at radius 1 is 0.833 bits per heavy atom. The Kier molecular flexibility index (Phi) is 6.54. The first-order valence-electron chi connectivity index (χ1n) is 11.1. The van der Waals surface area contributed by atoms with Gasteiger partial charge in [-0.2, -0.15) is 0 Å². The van der Waals surface area contributed by atoms with Gasteiger partial charge in [-0.3, -0.25) is 14.9 Å². The number of carbonyl (C=O) groups is 2. The zero-order valence-electron chi connectivity index (χ0n) is 19.1. The molecule has 0 radical (unpaired) electrons. The van der Waals surface area contributed by atoms with Crippen LogP contribution in [0.5, 0.6) is 0 Å². The molecule has 2 amide bonds. The molecule has 8 heteroatoms. The van der Waals surface area contributed by atoms with Crippen molar-refractivity contribution in [2.75, 3.05) is 10.6 Å². The van der Waals surface area contributed by atoms with Gasteiger partial charge in [0.2, 0.25) is 0 Å². The number of amides is 2. The monoisotopic (exact) mass is 557 g/mol. The molecule has 0 spiro atoms. The molecule has 0 fully saturated rings. The van der Waals surface area contributed by atoms with Crippen molar-refractivity contribution in [3.8, 4) is 0 Å². The predicted molar refractivity (Wildman–Crippen MR) is 151 cm³/mol. The van der Waals surface area contributed by atoms with E-state index in [1.54, 1.807) is 24.3 Å². The molecule has 3 N–H and O–H groups in total. The van der Waals surface area contributed by atoms with E-state index in [1.165, 1.54) is 0 Å². The van der Waals surface area contributed by atoms with Crippen LogP contribution in [0.2, 0.25) is 0 Å². The van der Waals surface area contributed by atoms with Gasteiger partial charge in [0.25, 0.3) is 11.8 Å². The molecule has 6 nitrogen and oxygen atoms in total. The maximum atomic E-state index is 12.9. The van der Waals surface area contributed by atoms with Gasteiger partial charge < -0.3 is 15.1 Å². The topological polar surface area (TPSA) is 83.4 Å². The Bertz CT molecular complexity index is 1630. The average molecular weight is 558 g/mol. The van der Waals surface area contributed by atoms with Gasteiger partial charge in [-0.1, -0.05) is 58.4 Å². The molecule has 36 heavy (non-hydrogen) atoms. The van der Waals surface area contributed by atoms with Gasteiger partial charge in [-0.05, 0) is 77.9 Å². The third-order valence-corrected chi connectivity index (χ3v) is 6.62. The average Bonchev–Trinajstić information content (AvgIpc) is 3.30.